The van der Waals surface area contributed by atoms with Crippen LogP contribution in [0.25, 0.3) is 0 Å². The molecule has 0 aromatic carbocycles. The summed E-state index contributed by atoms with van der Waals surface area (Å²) in [5.74, 6) is -0.269. The molecule has 0 aliphatic rings. The van der Waals surface area contributed by atoms with E-state index in [1.165, 1.54) is 7.11 Å². The van der Waals surface area contributed by atoms with E-state index in [0.717, 1.165) is 12.8 Å². The van der Waals surface area contributed by atoms with Crippen molar-refractivity contribution in [2.24, 2.45) is 0 Å². The molecule has 0 saturated carbocycles. The third-order valence-corrected chi connectivity index (χ3v) is 2.44. The molecule has 0 rings (SSSR count). The third kappa shape index (κ3) is 9.09. The van der Waals surface area contributed by atoms with Crippen LogP contribution < -0.4 is 0 Å². The lowest BCUT2D eigenvalue weighted by atomic mass is 10.3. The summed E-state index contributed by atoms with van der Waals surface area (Å²) in [6.45, 7) is 3.82. The smallest absolute Gasteiger partial charge is 0.361 e. The van der Waals surface area contributed by atoms with E-state index >= 15 is 0 Å². The molecule has 0 aromatic rings. The molecule has 5 nitrogen and oxygen atoms in total. The molecular weight excluding hydrogens is 222 g/mol. The maximum absolute atomic E-state index is 11.2. The zero-order chi connectivity index (χ0) is 13.3. The van der Waals surface area contributed by atoms with Crippen LogP contribution in [0.3, 0.4) is 0 Å². The number of esters is 1. The first-order valence-corrected chi connectivity index (χ1v) is 6.06. The number of hydrogen-bond donors (Lipinski definition) is 1. The fourth-order valence-corrected chi connectivity index (χ4v) is 1.57. The highest BCUT2D eigenvalue weighted by Gasteiger charge is 2.24. The second-order valence-corrected chi connectivity index (χ2v) is 4.93. The summed E-state index contributed by atoms with van der Waals surface area (Å²) in [6.07, 6.45) is 1.54. The number of ether oxygens (including phenoxy) is 2. The lowest BCUT2D eigenvalue weighted by molar-refractivity contribution is -0.886. The molecular formula is C12H26NO4+. The average molecular weight is 248 g/mol. The SMILES string of the molecule is CCCCOCC(O)C[N+](C)(C)CC(=O)OC. The highest BCUT2D eigenvalue weighted by Crippen LogP contribution is 2.02. The maximum Gasteiger partial charge on any atom is 0.361 e. The number of aliphatic hydroxyl groups excluding tert-OH is 1. The molecule has 0 spiro atoms. The van der Waals surface area contributed by atoms with Crippen LogP contribution in [-0.4, -0.2) is 69.2 Å². The van der Waals surface area contributed by atoms with Crippen LogP contribution in [0, 0.1) is 0 Å². The standard InChI is InChI=1S/C12H26NO4/c1-5-6-7-17-10-11(14)8-13(2,3)9-12(15)16-4/h11,14H,5-10H2,1-4H3/q+1. The largest absolute Gasteiger partial charge is 0.465 e. The molecule has 5 heteroatoms. The van der Waals surface area contributed by atoms with Gasteiger partial charge in [0.05, 0.1) is 27.8 Å². The van der Waals surface area contributed by atoms with Crippen LogP contribution in [0.15, 0.2) is 0 Å². The number of carbonyl (C=O) groups is 1. The minimum absolute atomic E-state index is 0.252. The quantitative estimate of drug-likeness (QED) is 0.365. The van der Waals surface area contributed by atoms with Crippen LogP contribution in [0.4, 0.5) is 0 Å². The van der Waals surface area contributed by atoms with Crippen molar-refractivity contribution in [3.05, 3.63) is 0 Å². The molecule has 0 aliphatic heterocycles. The summed E-state index contributed by atoms with van der Waals surface area (Å²) in [5.41, 5.74) is 0. The Morgan fingerprint density at radius 1 is 1.41 bits per heavy atom. The number of hydrogen-bond acceptors (Lipinski definition) is 4. The lowest BCUT2D eigenvalue weighted by Gasteiger charge is -2.30. The zero-order valence-electron chi connectivity index (χ0n) is 11.4. The topological polar surface area (TPSA) is 55.8 Å². The van der Waals surface area contributed by atoms with Crippen molar-refractivity contribution in [1.29, 1.82) is 0 Å². The molecule has 0 aliphatic carbocycles. The predicted molar refractivity (Wildman–Crippen MR) is 65.6 cm³/mol. The normalized spacial score (nSPS) is 13.5. The van der Waals surface area contributed by atoms with Gasteiger partial charge in [-0.05, 0) is 6.42 Å². The summed E-state index contributed by atoms with van der Waals surface area (Å²) in [7, 11) is 5.13. The number of carbonyl (C=O) groups excluding carboxylic acids is 1. The average Bonchev–Trinajstić information content (AvgIpc) is 2.22. The number of aliphatic hydroxyl groups is 1. The van der Waals surface area contributed by atoms with Crippen molar-refractivity contribution in [3.8, 4) is 0 Å². The van der Waals surface area contributed by atoms with Crippen LogP contribution in [-0.2, 0) is 14.3 Å². The number of nitrogens with zero attached hydrogens (tertiary/aromatic N) is 1. The van der Waals surface area contributed by atoms with Crippen molar-refractivity contribution >= 4 is 5.97 Å². The minimum atomic E-state index is -0.550. The molecule has 0 fully saturated rings. The van der Waals surface area contributed by atoms with Crippen molar-refractivity contribution in [1.82, 2.24) is 0 Å². The van der Waals surface area contributed by atoms with Gasteiger partial charge in [-0.25, -0.2) is 4.79 Å². The Morgan fingerprint density at radius 2 is 2.06 bits per heavy atom. The number of methoxy groups -OCH3 is 1. The first kappa shape index (κ1) is 16.4. The highest BCUT2D eigenvalue weighted by atomic mass is 16.5. The van der Waals surface area contributed by atoms with E-state index in [4.69, 9.17) is 4.74 Å². The Morgan fingerprint density at radius 3 is 2.59 bits per heavy atom. The van der Waals surface area contributed by atoms with Gasteiger partial charge < -0.3 is 19.1 Å². The first-order chi connectivity index (χ1) is 7.91. The summed E-state index contributed by atoms with van der Waals surface area (Å²) in [6, 6.07) is 0. The summed E-state index contributed by atoms with van der Waals surface area (Å²) >= 11 is 0. The fraction of sp³-hybridized carbons (Fsp3) is 0.917. The monoisotopic (exact) mass is 248 g/mol. The molecule has 1 atom stereocenters. The molecule has 1 N–H and O–H groups in total. The van der Waals surface area contributed by atoms with Gasteiger partial charge in [-0.2, -0.15) is 0 Å². The summed E-state index contributed by atoms with van der Waals surface area (Å²) in [5, 5.41) is 9.78. The van der Waals surface area contributed by atoms with Gasteiger partial charge in [0, 0.05) is 6.61 Å². The van der Waals surface area contributed by atoms with Gasteiger partial charge in [0.25, 0.3) is 0 Å². The van der Waals surface area contributed by atoms with Gasteiger partial charge in [0.2, 0.25) is 0 Å². The van der Waals surface area contributed by atoms with E-state index in [2.05, 4.69) is 11.7 Å². The lowest BCUT2D eigenvalue weighted by Crippen LogP contribution is -2.49. The highest BCUT2D eigenvalue weighted by molar-refractivity contribution is 5.70. The van der Waals surface area contributed by atoms with E-state index in [9.17, 15) is 9.90 Å². The van der Waals surface area contributed by atoms with Crippen LogP contribution in [0.2, 0.25) is 0 Å². The second-order valence-electron chi connectivity index (χ2n) is 4.93. The Bertz CT molecular complexity index is 219. The first-order valence-electron chi connectivity index (χ1n) is 6.06. The van der Waals surface area contributed by atoms with Crippen molar-refractivity contribution in [3.63, 3.8) is 0 Å². The van der Waals surface area contributed by atoms with E-state index in [0.29, 0.717) is 24.2 Å². The van der Waals surface area contributed by atoms with Gasteiger partial charge in [-0.3, -0.25) is 0 Å². The van der Waals surface area contributed by atoms with Gasteiger partial charge in [0.1, 0.15) is 12.6 Å². The van der Waals surface area contributed by atoms with E-state index in [-0.39, 0.29) is 12.5 Å². The van der Waals surface area contributed by atoms with Crippen molar-refractivity contribution in [2.75, 3.05) is 47.5 Å². The number of rotatable bonds is 9. The number of quaternary nitrogens is 1. The van der Waals surface area contributed by atoms with E-state index in [1.807, 2.05) is 14.1 Å². The number of likely N-dealkylation sites (N-methyl/N-ethyl adjacent to an activating group) is 1. The van der Waals surface area contributed by atoms with Crippen LogP contribution >= 0.6 is 0 Å². The molecule has 0 radical (unpaired) electrons. The molecule has 1 unspecified atom stereocenters. The Balaban J connectivity index is 3.83. The molecule has 17 heavy (non-hydrogen) atoms. The Hall–Kier alpha value is -0.650. The van der Waals surface area contributed by atoms with Crippen LogP contribution in [0.1, 0.15) is 19.8 Å². The van der Waals surface area contributed by atoms with Gasteiger partial charge in [-0.1, -0.05) is 13.3 Å². The van der Waals surface area contributed by atoms with E-state index < -0.39 is 6.10 Å². The minimum Gasteiger partial charge on any atom is -0.465 e. The van der Waals surface area contributed by atoms with Gasteiger partial charge >= 0.3 is 5.97 Å². The van der Waals surface area contributed by atoms with Gasteiger partial charge in [-0.15, -0.1) is 0 Å². The Labute approximate surface area is 104 Å². The van der Waals surface area contributed by atoms with Crippen molar-refractivity contribution < 1.29 is 23.9 Å². The molecule has 0 saturated heterocycles. The predicted octanol–water partition coefficient (Wildman–Crippen LogP) is 0.413. The van der Waals surface area contributed by atoms with Crippen LogP contribution in [0.5, 0.6) is 0 Å². The zero-order valence-corrected chi connectivity index (χ0v) is 11.4. The van der Waals surface area contributed by atoms with Crippen molar-refractivity contribution in [2.45, 2.75) is 25.9 Å². The molecule has 0 bridgehead atoms. The van der Waals surface area contributed by atoms with Gasteiger partial charge in [0.15, 0.2) is 6.54 Å². The Kier molecular flexibility index (Phi) is 8.12. The maximum atomic E-state index is 11.2. The third-order valence-electron chi connectivity index (χ3n) is 2.44. The molecule has 0 heterocycles. The number of unbranched alkanes of at least 4 members (excludes halogenated alkanes) is 1. The summed E-state index contributed by atoms with van der Waals surface area (Å²) < 4.78 is 10.3. The molecule has 0 aromatic heterocycles. The second kappa shape index (κ2) is 8.44. The molecule has 0 amide bonds. The fourth-order valence-electron chi connectivity index (χ4n) is 1.57. The van der Waals surface area contributed by atoms with E-state index in [1.54, 1.807) is 0 Å². The molecule has 102 valence electrons. The summed E-state index contributed by atoms with van der Waals surface area (Å²) in [4.78, 5) is 11.2.